The van der Waals surface area contributed by atoms with E-state index in [1.807, 2.05) is 6.92 Å². The standard InChI is InChI=1S/C18H27NO5/c1-10-9-18(24-16(10)21)7-3-4-8-19-12(5-6-13(18)19)15-14(20)11(2)17(22)23-15/h10-15,20H,3-9H2,1-2H3/t10-,11+,12+,13+,14?,15+,18+/m1/s1. The molecule has 0 radical (unpaired) electrons. The van der Waals surface area contributed by atoms with Crippen LogP contribution in [0, 0.1) is 11.8 Å². The molecular weight excluding hydrogens is 310 g/mol. The number of carbonyl (C=O) groups excluding carboxylic acids is 2. The molecule has 6 heteroatoms. The summed E-state index contributed by atoms with van der Waals surface area (Å²) in [7, 11) is 0. The maximum Gasteiger partial charge on any atom is 0.311 e. The van der Waals surface area contributed by atoms with Crippen LogP contribution in [0.1, 0.15) is 52.4 Å². The third kappa shape index (κ3) is 2.30. The Kier molecular flexibility index (Phi) is 3.88. The van der Waals surface area contributed by atoms with E-state index >= 15 is 0 Å². The Bertz CT molecular complexity index is 552. The summed E-state index contributed by atoms with van der Waals surface area (Å²) < 4.78 is 11.4. The summed E-state index contributed by atoms with van der Waals surface area (Å²) in [4.78, 5) is 26.3. The summed E-state index contributed by atoms with van der Waals surface area (Å²) >= 11 is 0. The fourth-order valence-electron chi connectivity index (χ4n) is 5.36. The molecule has 4 aliphatic heterocycles. The number of fused-ring (bicyclic) bond motifs is 2. The Morgan fingerprint density at radius 1 is 1.17 bits per heavy atom. The molecule has 0 saturated carbocycles. The van der Waals surface area contributed by atoms with Crippen LogP contribution in [0.3, 0.4) is 0 Å². The van der Waals surface area contributed by atoms with Crippen LogP contribution in [-0.2, 0) is 19.1 Å². The number of rotatable bonds is 1. The molecule has 4 rings (SSSR count). The largest absolute Gasteiger partial charge is 0.458 e. The Morgan fingerprint density at radius 3 is 2.58 bits per heavy atom. The summed E-state index contributed by atoms with van der Waals surface area (Å²) in [6.45, 7) is 4.59. The van der Waals surface area contributed by atoms with Crippen molar-refractivity contribution >= 4 is 11.9 Å². The molecule has 24 heavy (non-hydrogen) atoms. The zero-order valence-electron chi connectivity index (χ0n) is 14.4. The van der Waals surface area contributed by atoms with Gasteiger partial charge in [0.1, 0.15) is 17.8 Å². The van der Waals surface area contributed by atoms with Gasteiger partial charge < -0.3 is 14.6 Å². The second-order valence-electron chi connectivity index (χ2n) is 8.13. The van der Waals surface area contributed by atoms with E-state index < -0.39 is 18.1 Å². The van der Waals surface area contributed by atoms with Crippen molar-refractivity contribution < 1.29 is 24.2 Å². The highest BCUT2D eigenvalue weighted by molar-refractivity contribution is 5.76. The van der Waals surface area contributed by atoms with Crippen molar-refractivity contribution in [2.24, 2.45) is 11.8 Å². The van der Waals surface area contributed by atoms with Gasteiger partial charge in [0.05, 0.1) is 17.9 Å². The van der Waals surface area contributed by atoms with E-state index in [-0.39, 0.29) is 35.5 Å². The maximum absolute atomic E-state index is 12.1. The van der Waals surface area contributed by atoms with Gasteiger partial charge >= 0.3 is 11.9 Å². The number of carbonyl (C=O) groups is 2. The van der Waals surface area contributed by atoms with Crippen LogP contribution < -0.4 is 0 Å². The van der Waals surface area contributed by atoms with E-state index in [4.69, 9.17) is 9.47 Å². The Balaban J connectivity index is 1.60. The second-order valence-corrected chi connectivity index (χ2v) is 8.13. The first-order valence-corrected chi connectivity index (χ1v) is 9.30. The molecular formula is C18H27NO5. The SMILES string of the molecule is C[C@@H]1C[C@]2(CCCCN3[C@H]2CC[C@H]3[C@@H]2OC(=O)[C@@H](C)C2O)OC1=O. The van der Waals surface area contributed by atoms with Crippen molar-refractivity contribution in [1.82, 2.24) is 4.90 Å². The molecule has 1 spiro atoms. The van der Waals surface area contributed by atoms with Crippen LogP contribution in [0.25, 0.3) is 0 Å². The van der Waals surface area contributed by atoms with Crippen molar-refractivity contribution in [3.63, 3.8) is 0 Å². The van der Waals surface area contributed by atoms with Crippen molar-refractivity contribution in [3.05, 3.63) is 0 Å². The summed E-state index contributed by atoms with van der Waals surface area (Å²) in [5, 5.41) is 10.4. The predicted molar refractivity (Wildman–Crippen MR) is 85.0 cm³/mol. The van der Waals surface area contributed by atoms with E-state index in [0.29, 0.717) is 0 Å². The number of hydrogen-bond acceptors (Lipinski definition) is 6. The van der Waals surface area contributed by atoms with Gasteiger partial charge in [0.25, 0.3) is 0 Å². The minimum atomic E-state index is -0.745. The van der Waals surface area contributed by atoms with Gasteiger partial charge in [0.2, 0.25) is 0 Å². The lowest BCUT2D eigenvalue weighted by Crippen LogP contribution is -2.54. The van der Waals surface area contributed by atoms with Gasteiger partial charge in [-0.05, 0) is 45.6 Å². The molecule has 0 amide bonds. The summed E-state index contributed by atoms with van der Waals surface area (Å²) in [6, 6.07) is 0.212. The van der Waals surface area contributed by atoms with Gasteiger partial charge in [-0.3, -0.25) is 14.5 Å². The lowest BCUT2D eigenvalue weighted by atomic mass is 9.83. The highest BCUT2D eigenvalue weighted by Gasteiger charge is 2.58. The first kappa shape index (κ1) is 16.3. The fraction of sp³-hybridized carbons (Fsp3) is 0.889. The summed E-state index contributed by atoms with van der Waals surface area (Å²) in [5.74, 6) is -0.888. The van der Waals surface area contributed by atoms with Crippen molar-refractivity contribution in [2.75, 3.05) is 6.54 Å². The maximum atomic E-state index is 12.1. The van der Waals surface area contributed by atoms with Gasteiger partial charge in [-0.1, -0.05) is 6.92 Å². The monoisotopic (exact) mass is 337 g/mol. The zero-order valence-corrected chi connectivity index (χ0v) is 14.4. The van der Waals surface area contributed by atoms with E-state index in [2.05, 4.69) is 4.90 Å². The van der Waals surface area contributed by atoms with Crippen LogP contribution in [0.2, 0.25) is 0 Å². The minimum Gasteiger partial charge on any atom is -0.458 e. The molecule has 1 unspecified atom stereocenters. The fourth-order valence-corrected chi connectivity index (χ4v) is 5.36. The average Bonchev–Trinajstić information content (AvgIpc) is 3.12. The van der Waals surface area contributed by atoms with Gasteiger partial charge in [0.15, 0.2) is 0 Å². The smallest absolute Gasteiger partial charge is 0.311 e. The quantitative estimate of drug-likeness (QED) is 0.726. The van der Waals surface area contributed by atoms with Crippen LogP contribution in [-0.4, -0.2) is 58.4 Å². The molecule has 0 aliphatic carbocycles. The number of hydrogen-bond donors (Lipinski definition) is 1. The normalized spacial score (nSPS) is 49.1. The molecule has 4 aliphatic rings. The number of nitrogens with zero attached hydrogens (tertiary/aromatic N) is 1. The van der Waals surface area contributed by atoms with Gasteiger partial charge in [-0.2, -0.15) is 0 Å². The molecule has 4 saturated heterocycles. The molecule has 0 aromatic rings. The molecule has 0 bridgehead atoms. The van der Waals surface area contributed by atoms with Crippen LogP contribution >= 0.6 is 0 Å². The Labute approximate surface area is 142 Å². The number of aliphatic hydroxyl groups is 1. The lowest BCUT2D eigenvalue weighted by molar-refractivity contribution is -0.156. The zero-order chi connectivity index (χ0) is 17.1. The van der Waals surface area contributed by atoms with E-state index in [9.17, 15) is 14.7 Å². The third-order valence-electron chi connectivity index (χ3n) is 6.65. The third-order valence-corrected chi connectivity index (χ3v) is 6.65. The summed E-state index contributed by atoms with van der Waals surface area (Å²) in [6.07, 6.45) is 4.40. The minimum absolute atomic E-state index is 0.0310. The molecule has 1 N–H and O–H groups in total. The number of esters is 2. The first-order valence-electron chi connectivity index (χ1n) is 9.30. The lowest BCUT2D eigenvalue weighted by Gasteiger charge is -2.40. The first-order chi connectivity index (χ1) is 11.4. The topological polar surface area (TPSA) is 76.1 Å². The molecule has 7 atom stereocenters. The van der Waals surface area contributed by atoms with Crippen molar-refractivity contribution in [1.29, 1.82) is 0 Å². The predicted octanol–water partition coefficient (Wildman–Crippen LogP) is 1.25. The number of cyclic esters (lactones) is 1. The second kappa shape index (κ2) is 5.70. The Hall–Kier alpha value is -1.14. The molecule has 6 nitrogen and oxygen atoms in total. The van der Waals surface area contributed by atoms with E-state index in [1.165, 1.54) is 0 Å². The van der Waals surface area contributed by atoms with Crippen LogP contribution in [0.15, 0.2) is 0 Å². The van der Waals surface area contributed by atoms with Crippen molar-refractivity contribution in [3.8, 4) is 0 Å². The summed E-state index contributed by atoms with van der Waals surface area (Å²) in [5.41, 5.74) is -0.388. The van der Waals surface area contributed by atoms with Gasteiger partial charge in [-0.15, -0.1) is 0 Å². The molecule has 134 valence electrons. The van der Waals surface area contributed by atoms with Crippen LogP contribution in [0.4, 0.5) is 0 Å². The van der Waals surface area contributed by atoms with Gasteiger partial charge in [0, 0.05) is 12.5 Å². The highest BCUT2D eigenvalue weighted by atomic mass is 16.6. The molecule has 4 fully saturated rings. The Morgan fingerprint density at radius 2 is 1.96 bits per heavy atom. The number of ether oxygens (including phenoxy) is 2. The molecule has 4 heterocycles. The van der Waals surface area contributed by atoms with Gasteiger partial charge in [-0.25, -0.2) is 0 Å². The molecule has 0 aromatic heterocycles. The van der Waals surface area contributed by atoms with Crippen molar-refractivity contribution in [2.45, 2.75) is 82.3 Å². The molecule has 0 aromatic carbocycles. The number of aliphatic hydroxyl groups excluding tert-OH is 1. The van der Waals surface area contributed by atoms with E-state index in [0.717, 1.165) is 45.1 Å². The average molecular weight is 337 g/mol. The van der Waals surface area contributed by atoms with Crippen LogP contribution in [0.5, 0.6) is 0 Å². The highest BCUT2D eigenvalue weighted by Crippen LogP contribution is 2.48. The van der Waals surface area contributed by atoms with E-state index in [1.54, 1.807) is 6.92 Å².